The standard InChI is InChI=1S/C17H23F2NO3/c1-13(2)12-22-11-5-10-20-16(21)9-8-14-6-3-4-7-15(14)23-17(18)19/h3-4,6-9,13,17H,5,10-12H2,1-2H3,(H,20,21)/b9-8+. The van der Waals surface area contributed by atoms with E-state index in [0.717, 1.165) is 6.42 Å². The van der Waals surface area contributed by atoms with Crippen LogP contribution in [0.4, 0.5) is 8.78 Å². The lowest BCUT2D eigenvalue weighted by molar-refractivity contribution is -0.116. The second-order valence-electron chi connectivity index (χ2n) is 5.36. The molecule has 6 heteroatoms. The van der Waals surface area contributed by atoms with E-state index in [9.17, 15) is 13.6 Å². The van der Waals surface area contributed by atoms with Gasteiger partial charge in [-0.3, -0.25) is 4.79 Å². The molecule has 1 aromatic carbocycles. The molecular formula is C17H23F2NO3. The molecule has 1 rings (SSSR count). The number of nitrogens with one attached hydrogen (secondary N) is 1. The molecule has 4 nitrogen and oxygen atoms in total. The normalized spacial score (nSPS) is 11.4. The van der Waals surface area contributed by atoms with Crippen LogP contribution in [0, 0.1) is 5.92 Å². The highest BCUT2D eigenvalue weighted by atomic mass is 19.3. The van der Waals surface area contributed by atoms with Gasteiger partial charge in [0.2, 0.25) is 5.91 Å². The molecule has 1 amide bonds. The molecule has 0 aliphatic carbocycles. The Morgan fingerprint density at radius 3 is 2.74 bits per heavy atom. The zero-order valence-electron chi connectivity index (χ0n) is 13.4. The van der Waals surface area contributed by atoms with Gasteiger partial charge in [0.15, 0.2) is 0 Å². The van der Waals surface area contributed by atoms with Crippen LogP contribution in [-0.4, -0.2) is 32.3 Å². The van der Waals surface area contributed by atoms with Crippen molar-refractivity contribution in [2.45, 2.75) is 26.9 Å². The lowest BCUT2D eigenvalue weighted by Gasteiger charge is -2.08. The molecule has 0 saturated heterocycles. The van der Waals surface area contributed by atoms with Crippen LogP contribution < -0.4 is 10.1 Å². The van der Waals surface area contributed by atoms with Crippen molar-refractivity contribution >= 4 is 12.0 Å². The highest BCUT2D eigenvalue weighted by Crippen LogP contribution is 2.21. The molecule has 1 N–H and O–H groups in total. The summed E-state index contributed by atoms with van der Waals surface area (Å²) >= 11 is 0. The molecule has 0 saturated carbocycles. The number of carbonyl (C=O) groups excluding carboxylic acids is 1. The zero-order chi connectivity index (χ0) is 17.1. The van der Waals surface area contributed by atoms with E-state index in [0.29, 0.717) is 31.2 Å². The van der Waals surface area contributed by atoms with Crippen molar-refractivity contribution in [1.82, 2.24) is 5.32 Å². The fourth-order valence-corrected chi connectivity index (χ4v) is 1.75. The quantitative estimate of drug-likeness (QED) is 0.529. The third-order valence-electron chi connectivity index (χ3n) is 2.77. The maximum Gasteiger partial charge on any atom is 0.387 e. The van der Waals surface area contributed by atoms with Crippen LogP contribution in [0.1, 0.15) is 25.8 Å². The molecule has 128 valence electrons. The second-order valence-corrected chi connectivity index (χ2v) is 5.36. The fraction of sp³-hybridized carbons (Fsp3) is 0.471. The Balaban J connectivity index is 2.35. The molecule has 0 bridgehead atoms. The maximum atomic E-state index is 12.3. The van der Waals surface area contributed by atoms with Gasteiger partial charge in [-0.15, -0.1) is 0 Å². The minimum Gasteiger partial charge on any atom is -0.434 e. The van der Waals surface area contributed by atoms with E-state index >= 15 is 0 Å². The molecular weight excluding hydrogens is 304 g/mol. The SMILES string of the molecule is CC(C)COCCCNC(=O)/C=C/c1ccccc1OC(F)F. The zero-order valence-corrected chi connectivity index (χ0v) is 13.4. The van der Waals surface area contributed by atoms with Crippen molar-refractivity contribution in [2.75, 3.05) is 19.8 Å². The number of ether oxygens (including phenoxy) is 2. The average Bonchev–Trinajstić information content (AvgIpc) is 2.49. The molecule has 0 heterocycles. The van der Waals surface area contributed by atoms with E-state index in [2.05, 4.69) is 23.9 Å². The summed E-state index contributed by atoms with van der Waals surface area (Å²) in [6.45, 7) is 3.03. The van der Waals surface area contributed by atoms with Gasteiger partial charge >= 0.3 is 6.61 Å². The Morgan fingerprint density at radius 2 is 2.04 bits per heavy atom. The van der Waals surface area contributed by atoms with E-state index in [1.165, 1.54) is 18.2 Å². The van der Waals surface area contributed by atoms with Gasteiger partial charge in [-0.2, -0.15) is 8.78 Å². The first-order chi connectivity index (χ1) is 11.0. The molecule has 0 aromatic heterocycles. The van der Waals surface area contributed by atoms with Crippen LogP contribution in [0.2, 0.25) is 0 Å². The Morgan fingerprint density at radius 1 is 1.30 bits per heavy atom. The number of carbonyl (C=O) groups is 1. The number of hydrogen-bond acceptors (Lipinski definition) is 3. The summed E-state index contributed by atoms with van der Waals surface area (Å²) in [7, 11) is 0. The van der Waals surface area contributed by atoms with Crippen molar-refractivity contribution in [2.24, 2.45) is 5.92 Å². The van der Waals surface area contributed by atoms with Crippen molar-refractivity contribution in [1.29, 1.82) is 0 Å². The number of rotatable bonds is 10. The number of benzene rings is 1. The van der Waals surface area contributed by atoms with Gasteiger partial charge in [0, 0.05) is 31.4 Å². The predicted octanol–water partition coefficient (Wildman–Crippen LogP) is 3.48. The fourth-order valence-electron chi connectivity index (χ4n) is 1.75. The van der Waals surface area contributed by atoms with Gasteiger partial charge in [-0.05, 0) is 24.5 Å². The Hall–Kier alpha value is -1.95. The van der Waals surface area contributed by atoms with Crippen LogP contribution in [0.25, 0.3) is 6.08 Å². The largest absolute Gasteiger partial charge is 0.434 e. The highest BCUT2D eigenvalue weighted by Gasteiger charge is 2.07. The third kappa shape index (κ3) is 8.93. The Labute approximate surface area is 135 Å². The topological polar surface area (TPSA) is 47.6 Å². The second kappa shape index (κ2) is 10.7. The van der Waals surface area contributed by atoms with Gasteiger partial charge in [-0.1, -0.05) is 32.0 Å². The minimum absolute atomic E-state index is 0.0358. The van der Waals surface area contributed by atoms with Crippen molar-refractivity contribution in [3.05, 3.63) is 35.9 Å². The van der Waals surface area contributed by atoms with Gasteiger partial charge < -0.3 is 14.8 Å². The molecule has 0 spiro atoms. The van der Waals surface area contributed by atoms with Gasteiger partial charge in [-0.25, -0.2) is 0 Å². The molecule has 0 fully saturated rings. The summed E-state index contributed by atoms with van der Waals surface area (Å²) in [4.78, 5) is 11.7. The Kier molecular flexibility index (Phi) is 8.90. The number of halogens is 2. The maximum absolute atomic E-state index is 12.3. The number of para-hydroxylation sites is 1. The molecule has 23 heavy (non-hydrogen) atoms. The minimum atomic E-state index is -2.90. The molecule has 1 aromatic rings. The number of amides is 1. The lowest BCUT2D eigenvalue weighted by Crippen LogP contribution is -2.23. The monoisotopic (exact) mass is 327 g/mol. The smallest absolute Gasteiger partial charge is 0.387 e. The Bertz CT molecular complexity index is 504. The van der Waals surface area contributed by atoms with Crippen LogP contribution in [-0.2, 0) is 9.53 Å². The summed E-state index contributed by atoms with van der Waals surface area (Å²) in [5.41, 5.74) is 0.420. The number of hydrogen-bond donors (Lipinski definition) is 1. The van der Waals surface area contributed by atoms with Crippen LogP contribution in [0.15, 0.2) is 30.3 Å². The van der Waals surface area contributed by atoms with E-state index in [4.69, 9.17) is 4.74 Å². The average molecular weight is 327 g/mol. The molecule has 0 radical (unpaired) electrons. The number of alkyl halides is 2. The highest BCUT2D eigenvalue weighted by molar-refractivity contribution is 5.92. The molecule has 0 aliphatic rings. The summed E-state index contributed by atoms with van der Waals surface area (Å²) in [5.74, 6) is 0.234. The summed E-state index contributed by atoms with van der Waals surface area (Å²) in [6.07, 6.45) is 3.46. The van der Waals surface area contributed by atoms with Gasteiger partial charge in [0.25, 0.3) is 0 Å². The van der Waals surface area contributed by atoms with E-state index in [1.54, 1.807) is 18.2 Å². The molecule has 0 atom stereocenters. The van der Waals surface area contributed by atoms with E-state index < -0.39 is 6.61 Å². The van der Waals surface area contributed by atoms with Gasteiger partial charge in [0.1, 0.15) is 5.75 Å². The first-order valence-electron chi connectivity index (χ1n) is 7.56. The van der Waals surface area contributed by atoms with Crippen molar-refractivity contribution in [3.8, 4) is 5.75 Å². The third-order valence-corrected chi connectivity index (χ3v) is 2.77. The predicted molar refractivity (Wildman–Crippen MR) is 85.4 cm³/mol. The van der Waals surface area contributed by atoms with E-state index in [-0.39, 0.29) is 11.7 Å². The summed E-state index contributed by atoms with van der Waals surface area (Å²) < 4.78 is 34.4. The lowest BCUT2D eigenvalue weighted by atomic mass is 10.2. The van der Waals surface area contributed by atoms with Gasteiger partial charge in [0.05, 0.1) is 0 Å². The first kappa shape index (κ1) is 19.1. The van der Waals surface area contributed by atoms with Crippen LogP contribution >= 0.6 is 0 Å². The molecule has 0 unspecified atom stereocenters. The summed E-state index contributed by atoms with van der Waals surface area (Å²) in [5, 5.41) is 2.71. The summed E-state index contributed by atoms with van der Waals surface area (Å²) in [6, 6.07) is 6.30. The van der Waals surface area contributed by atoms with Crippen LogP contribution in [0.3, 0.4) is 0 Å². The van der Waals surface area contributed by atoms with Crippen LogP contribution in [0.5, 0.6) is 5.75 Å². The van der Waals surface area contributed by atoms with Crippen molar-refractivity contribution in [3.63, 3.8) is 0 Å². The van der Waals surface area contributed by atoms with E-state index in [1.807, 2.05) is 0 Å². The van der Waals surface area contributed by atoms with Crippen molar-refractivity contribution < 1.29 is 23.0 Å². The molecule has 0 aliphatic heterocycles. The first-order valence-corrected chi connectivity index (χ1v) is 7.56.